The van der Waals surface area contributed by atoms with Crippen molar-refractivity contribution in [1.82, 2.24) is 15.6 Å². The molecule has 13 heteroatoms. The summed E-state index contributed by atoms with van der Waals surface area (Å²) in [7, 11) is 1.41. The standard InChI is InChI=1S/C32H41N3O10/c1-7-17(4)26(30(39)43-9-3)35-32(41)45-18(5)44-31(40)27-21(12-13-24(34-27)28(36)33-16-19-10-11-19)22-15-25(42-6)20(8-2)14-23(22)29(37)38/h8,12-15,17-19,26,28,33,36H,2,7,9-11,16H2,1,3-6H3,(H,35,41)(H,37,38)/t17-,18?,26-,28?/m0/s1. The van der Waals surface area contributed by atoms with E-state index in [-0.39, 0.29) is 40.6 Å². The maximum absolute atomic E-state index is 13.5. The van der Waals surface area contributed by atoms with E-state index in [9.17, 15) is 29.4 Å². The molecular formula is C32H41N3O10. The number of rotatable bonds is 16. The van der Waals surface area contributed by atoms with Crippen molar-refractivity contribution >= 4 is 30.1 Å². The minimum Gasteiger partial charge on any atom is -0.496 e. The Kier molecular flexibility index (Phi) is 12.4. The Morgan fingerprint density at radius 3 is 2.40 bits per heavy atom. The third-order valence-electron chi connectivity index (χ3n) is 7.37. The second-order valence-corrected chi connectivity index (χ2v) is 10.7. The van der Waals surface area contributed by atoms with Crippen molar-refractivity contribution in [2.45, 2.75) is 65.5 Å². The molecule has 3 rings (SSSR count). The number of benzene rings is 1. The van der Waals surface area contributed by atoms with Crippen molar-refractivity contribution in [3.05, 3.63) is 53.4 Å². The van der Waals surface area contributed by atoms with Gasteiger partial charge in [-0.25, -0.2) is 24.2 Å². The molecule has 1 fully saturated rings. The maximum Gasteiger partial charge on any atom is 0.410 e. The molecule has 4 N–H and O–H groups in total. The number of carbonyl (C=O) groups excluding carboxylic acids is 3. The van der Waals surface area contributed by atoms with Crippen LogP contribution in [0.15, 0.2) is 30.8 Å². The van der Waals surface area contributed by atoms with Crippen molar-refractivity contribution in [3.63, 3.8) is 0 Å². The van der Waals surface area contributed by atoms with Gasteiger partial charge in [0.25, 0.3) is 0 Å². The van der Waals surface area contributed by atoms with Crippen LogP contribution in [0.25, 0.3) is 17.2 Å². The SMILES string of the molecule is C=Cc1cc(C(=O)O)c(-c2ccc(C(O)NCC3CC3)nc2C(=O)OC(C)OC(=O)N[C@H](C(=O)OCC)[C@@H](C)CC)cc1OC. The second kappa shape index (κ2) is 16.0. The summed E-state index contributed by atoms with van der Waals surface area (Å²) in [5, 5.41) is 26.1. The summed E-state index contributed by atoms with van der Waals surface area (Å²) in [5.41, 5.74) is 0.165. The van der Waals surface area contributed by atoms with Crippen molar-refractivity contribution < 1.29 is 48.3 Å². The van der Waals surface area contributed by atoms with Crippen LogP contribution in [-0.2, 0) is 19.0 Å². The van der Waals surface area contributed by atoms with Gasteiger partial charge in [0.2, 0.25) is 6.29 Å². The molecule has 1 amide bonds. The predicted octanol–water partition coefficient (Wildman–Crippen LogP) is 4.30. The van der Waals surface area contributed by atoms with Crippen LogP contribution in [0.4, 0.5) is 4.79 Å². The molecule has 13 nitrogen and oxygen atoms in total. The number of aliphatic hydroxyl groups is 1. The molecule has 1 aromatic heterocycles. The minimum atomic E-state index is -1.45. The van der Waals surface area contributed by atoms with Crippen molar-refractivity contribution in [2.24, 2.45) is 11.8 Å². The zero-order valence-electron chi connectivity index (χ0n) is 26.1. The number of nitrogens with one attached hydrogen (secondary N) is 2. The molecule has 244 valence electrons. The zero-order chi connectivity index (χ0) is 33.3. The van der Waals surface area contributed by atoms with Crippen molar-refractivity contribution in [1.29, 1.82) is 0 Å². The van der Waals surface area contributed by atoms with Crippen molar-refractivity contribution in [2.75, 3.05) is 20.3 Å². The molecule has 0 radical (unpaired) electrons. The van der Waals surface area contributed by atoms with Crippen LogP contribution in [0.1, 0.15) is 85.3 Å². The summed E-state index contributed by atoms with van der Waals surface area (Å²) < 4.78 is 21.0. The number of methoxy groups -OCH3 is 1. The number of hydrogen-bond donors (Lipinski definition) is 4. The Morgan fingerprint density at radius 1 is 1.11 bits per heavy atom. The molecule has 0 spiro atoms. The van der Waals surface area contributed by atoms with E-state index in [2.05, 4.69) is 22.2 Å². The van der Waals surface area contributed by atoms with E-state index in [1.165, 1.54) is 44.4 Å². The van der Waals surface area contributed by atoms with Gasteiger partial charge in [-0.05, 0) is 55.9 Å². The number of amides is 1. The lowest BCUT2D eigenvalue weighted by Crippen LogP contribution is -2.47. The smallest absolute Gasteiger partial charge is 0.410 e. The van der Waals surface area contributed by atoms with Gasteiger partial charge in [0.15, 0.2) is 5.69 Å². The molecule has 0 bridgehead atoms. The van der Waals surface area contributed by atoms with E-state index in [4.69, 9.17) is 18.9 Å². The van der Waals surface area contributed by atoms with Gasteiger partial charge in [-0.3, -0.25) is 5.32 Å². The van der Waals surface area contributed by atoms with Gasteiger partial charge in [0.1, 0.15) is 18.0 Å². The second-order valence-electron chi connectivity index (χ2n) is 10.7. The molecule has 2 unspecified atom stereocenters. The van der Waals surface area contributed by atoms with E-state index in [1.54, 1.807) is 13.8 Å². The number of alkyl carbamates (subject to hydrolysis) is 1. The van der Waals surface area contributed by atoms with Crippen LogP contribution in [0.5, 0.6) is 5.75 Å². The summed E-state index contributed by atoms with van der Waals surface area (Å²) in [6.07, 6.45) is 0.407. The number of aliphatic hydroxyl groups excluding tert-OH is 1. The number of hydrogen-bond acceptors (Lipinski definition) is 11. The number of carboxylic acids is 1. The number of carboxylic acid groups (broad SMARTS) is 1. The van der Waals surface area contributed by atoms with Gasteiger partial charge in [-0.1, -0.05) is 32.9 Å². The van der Waals surface area contributed by atoms with Gasteiger partial charge in [-0.15, -0.1) is 0 Å². The van der Waals surface area contributed by atoms with Gasteiger partial charge < -0.3 is 34.5 Å². The summed E-state index contributed by atoms with van der Waals surface area (Å²) >= 11 is 0. The molecule has 1 aliphatic rings. The maximum atomic E-state index is 13.5. The highest BCUT2D eigenvalue weighted by Crippen LogP contribution is 2.35. The monoisotopic (exact) mass is 627 g/mol. The van der Waals surface area contributed by atoms with E-state index in [1.807, 2.05) is 6.92 Å². The molecule has 45 heavy (non-hydrogen) atoms. The highest BCUT2D eigenvalue weighted by molar-refractivity contribution is 6.02. The molecule has 4 atom stereocenters. The third-order valence-corrected chi connectivity index (χ3v) is 7.37. The fraction of sp³-hybridized carbons (Fsp3) is 0.469. The quantitative estimate of drug-likeness (QED) is 0.153. The number of esters is 2. The van der Waals surface area contributed by atoms with E-state index in [0.717, 1.165) is 12.8 Å². The molecule has 1 aliphatic carbocycles. The van der Waals surface area contributed by atoms with Gasteiger partial charge in [-0.2, -0.15) is 0 Å². The zero-order valence-corrected chi connectivity index (χ0v) is 26.1. The lowest BCUT2D eigenvalue weighted by Gasteiger charge is -2.23. The summed E-state index contributed by atoms with van der Waals surface area (Å²) in [5.74, 6) is -2.49. The molecule has 1 heterocycles. The van der Waals surface area contributed by atoms with Crippen LogP contribution in [-0.4, -0.2) is 71.8 Å². The normalized spacial score (nSPS) is 15.2. The fourth-order valence-corrected chi connectivity index (χ4v) is 4.48. The fourth-order valence-electron chi connectivity index (χ4n) is 4.48. The first kappa shape index (κ1) is 35.0. The van der Waals surface area contributed by atoms with E-state index in [0.29, 0.717) is 30.2 Å². The Labute approximate surface area is 261 Å². The van der Waals surface area contributed by atoms with Gasteiger partial charge >= 0.3 is 24.0 Å². The summed E-state index contributed by atoms with van der Waals surface area (Å²) in [6, 6.07) is 4.72. The molecule has 2 aromatic rings. The van der Waals surface area contributed by atoms with Crippen molar-refractivity contribution in [3.8, 4) is 16.9 Å². The first-order valence-electron chi connectivity index (χ1n) is 14.8. The van der Waals surface area contributed by atoms with Crippen LogP contribution in [0.3, 0.4) is 0 Å². The topological polar surface area (TPSA) is 183 Å². The molecule has 1 saturated carbocycles. The first-order chi connectivity index (χ1) is 21.4. The predicted molar refractivity (Wildman–Crippen MR) is 163 cm³/mol. The largest absolute Gasteiger partial charge is 0.496 e. The number of aromatic carboxylic acids is 1. The van der Waals surface area contributed by atoms with Gasteiger partial charge in [0, 0.05) is 30.2 Å². The van der Waals surface area contributed by atoms with Gasteiger partial charge in [0.05, 0.1) is 25.0 Å². The average molecular weight is 628 g/mol. The van der Waals surface area contributed by atoms with Crippen LogP contribution >= 0.6 is 0 Å². The Hall–Kier alpha value is -4.49. The number of pyridine rings is 1. The number of nitrogens with zero attached hydrogens (tertiary/aromatic N) is 1. The average Bonchev–Trinajstić information content (AvgIpc) is 3.85. The van der Waals surface area contributed by atoms with E-state index < -0.39 is 42.6 Å². The lowest BCUT2D eigenvalue weighted by atomic mass is 9.95. The third kappa shape index (κ3) is 9.25. The molecular weight excluding hydrogens is 586 g/mol. The highest BCUT2D eigenvalue weighted by Gasteiger charge is 2.30. The van der Waals surface area contributed by atoms with Crippen LogP contribution < -0.4 is 15.4 Å². The number of aromatic nitrogens is 1. The lowest BCUT2D eigenvalue weighted by molar-refractivity contribution is -0.147. The molecule has 0 saturated heterocycles. The summed E-state index contributed by atoms with van der Waals surface area (Å²) in [4.78, 5) is 55.2. The number of ether oxygens (including phenoxy) is 4. The van der Waals surface area contributed by atoms with E-state index >= 15 is 0 Å². The first-order valence-corrected chi connectivity index (χ1v) is 14.8. The molecule has 1 aromatic carbocycles. The Bertz CT molecular complexity index is 1410. The Morgan fingerprint density at radius 2 is 1.82 bits per heavy atom. The highest BCUT2D eigenvalue weighted by atomic mass is 16.7. The number of carbonyl (C=O) groups is 4. The minimum absolute atomic E-state index is 0.0697. The van der Waals surface area contributed by atoms with Crippen LogP contribution in [0, 0.1) is 11.8 Å². The molecule has 0 aliphatic heterocycles. The van der Waals surface area contributed by atoms with Crippen LogP contribution in [0.2, 0.25) is 0 Å². The Balaban J connectivity index is 1.94. The summed E-state index contributed by atoms with van der Waals surface area (Å²) in [6.45, 7) is 10.9.